The lowest BCUT2D eigenvalue weighted by Gasteiger charge is -2.22. The van der Waals surface area contributed by atoms with Gasteiger partial charge in [0.25, 0.3) is 0 Å². The van der Waals surface area contributed by atoms with Crippen LogP contribution in [0, 0.1) is 5.92 Å². The summed E-state index contributed by atoms with van der Waals surface area (Å²) in [6.07, 6.45) is 3.53. The van der Waals surface area contributed by atoms with E-state index in [0.717, 1.165) is 37.7 Å². The van der Waals surface area contributed by atoms with Gasteiger partial charge in [-0.2, -0.15) is 0 Å². The van der Waals surface area contributed by atoms with Crippen LogP contribution in [0.5, 0.6) is 0 Å². The Morgan fingerprint density at radius 2 is 2.17 bits per heavy atom. The Morgan fingerprint density at radius 3 is 2.89 bits per heavy atom. The number of para-hydroxylation sites is 1. The van der Waals surface area contributed by atoms with Gasteiger partial charge in [0.05, 0.1) is 5.41 Å². The molecule has 2 fully saturated rings. The van der Waals surface area contributed by atoms with Gasteiger partial charge in [0.2, 0.25) is 5.91 Å². The Bertz CT molecular complexity index is 501. The molecule has 18 heavy (non-hydrogen) atoms. The molecule has 3 nitrogen and oxygen atoms in total. The largest absolute Gasteiger partial charge is 0.315 e. The lowest BCUT2D eigenvalue weighted by atomic mass is 9.81. The number of amides is 1. The van der Waals surface area contributed by atoms with Crippen LogP contribution in [0.3, 0.4) is 0 Å². The number of carbonyl (C=O) groups excluding carboxylic acids is 1. The summed E-state index contributed by atoms with van der Waals surface area (Å²) in [6.45, 7) is 2.69. The SMILES string of the molecule is O=C1N(CC2CC2)c2ccccc2[C@@]12CCNC2. The van der Waals surface area contributed by atoms with E-state index in [1.165, 1.54) is 18.4 Å². The van der Waals surface area contributed by atoms with E-state index in [0.29, 0.717) is 5.91 Å². The predicted octanol–water partition coefficient (Wildman–Crippen LogP) is 1.67. The molecule has 2 aliphatic heterocycles. The summed E-state index contributed by atoms with van der Waals surface area (Å²) in [6, 6.07) is 8.37. The maximum Gasteiger partial charge on any atom is 0.239 e. The van der Waals surface area contributed by atoms with Crippen LogP contribution in [-0.2, 0) is 10.2 Å². The van der Waals surface area contributed by atoms with Crippen molar-refractivity contribution in [3.05, 3.63) is 29.8 Å². The molecule has 1 aliphatic carbocycles. The number of nitrogens with one attached hydrogen (secondary N) is 1. The van der Waals surface area contributed by atoms with Gasteiger partial charge in [-0.15, -0.1) is 0 Å². The van der Waals surface area contributed by atoms with Crippen molar-refractivity contribution in [1.82, 2.24) is 5.32 Å². The second kappa shape index (κ2) is 3.58. The van der Waals surface area contributed by atoms with Gasteiger partial charge in [0, 0.05) is 18.8 Å². The predicted molar refractivity (Wildman–Crippen MR) is 70.7 cm³/mol. The molecule has 1 N–H and O–H groups in total. The van der Waals surface area contributed by atoms with Crippen molar-refractivity contribution in [2.75, 3.05) is 24.5 Å². The van der Waals surface area contributed by atoms with Gasteiger partial charge >= 0.3 is 0 Å². The molecule has 1 aromatic carbocycles. The van der Waals surface area contributed by atoms with Crippen molar-refractivity contribution in [3.8, 4) is 0 Å². The summed E-state index contributed by atoms with van der Waals surface area (Å²) in [4.78, 5) is 14.9. The number of nitrogens with zero attached hydrogens (tertiary/aromatic N) is 1. The quantitative estimate of drug-likeness (QED) is 0.855. The minimum atomic E-state index is -0.258. The number of hydrogen-bond donors (Lipinski definition) is 1. The molecule has 1 spiro atoms. The Labute approximate surface area is 107 Å². The van der Waals surface area contributed by atoms with Crippen molar-refractivity contribution in [1.29, 1.82) is 0 Å². The van der Waals surface area contributed by atoms with Gasteiger partial charge in [0.15, 0.2) is 0 Å². The molecule has 3 aliphatic rings. The zero-order valence-electron chi connectivity index (χ0n) is 10.5. The topological polar surface area (TPSA) is 32.3 Å². The third-order valence-electron chi connectivity index (χ3n) is 4.66. The Kier molecular flexibility index (Phi) is 2.10. The summed E-state index contributed by atoms with van der Waals surface area (Å²) in [5.74, 6) is 1.08. The van der Waals surface area contributed by atoms with Crippen molar-refractivity contribution in [2.24, 2.45) is 5.92 Å². The number of anilines is 1. The Morgan fingerprint density at radius 1 is 1.33 bits per heavy atom. The average molecular weight is 242 g/mol. The van der Waals surface area contributed by atoms with E-state index >= 15 is 0 Å². The molecule has 1 saturated heterocycles. The first kappa shape index (κ1) is 10.6. The molecule has 0 radical (unpaired) electrons. The van der Waals surface area contributed by atoms with E-state index in [9.17, 15) is 4.79 Å². The van der Waals surface area contributed by atoms with E-state index in [2.05, 4.69) is 28.4 Å². The minimum absolute atomic E-state index is 0.258. The van der Waals surface area contributed by atoms with Gasteiger partial charge in [-0.25, -0.2) is 0 Å². The van der Waals surface area contributed by atoms with Crippen LogP contribution >= 0.6 is 0 Å². The normalized spacial score (nSPS) is 30.2. The van der Waals surface area contributed by atoms with Gasteiger partial charge < -0.3 is 10.2 Å². The second-order valence-corrected chi connectivity index (χ2v) is 5.89. The smallest absolute Gasteiger partial charge is 0.239 e. The highest BCUT2D eigenvalue weighted by Crippen LogP contribution is 2.46. The highest BCUT2D eigenvalue weighted by Gasteiger charge is 2.52. The van der Waals surface area contributed by atoms with Crippen LogP contribution < -0.4 is 10.2 Å². The molecular formula is C15H18N2O. The van der Waals surface area contributed by atoms with E-state index in [4.69, 9.17) is 0 Å². The molecular weight excluding hydrogens is 224 g/mol. The maximum atomic E-state index is 12.8. The molecule has 3 heteroatoms. The van der Waals surface area contributed by atoms with Crippen LogP contribution in [0.1, 0.15) is 24.8 Å². The lowest BCUT2D eigenvalue weighted by Crippen LogP contribution is -2.42. The maximum absolute atomic E-state index is 12.8. The number of hydrogen-bond acceptors (Lipinski definition) is 2. The number of fused-ring (bicyclic) bond motifs is 2. The molecule has 1 saturated carbocycles. The standard InChI is InChI=1S/C15H18N2O/c18-14-15(7-8-16-10-15)12-3-1-2-4-13(12)17(14)9-11-5-6-11/h1-4,11,16H,5-10H2/t15-/m0/s1. The number of benzene rings is 1. The zero-order chi connectivity index (χ0) is 12.2. The third kappa shape index (κ3) is 1.31. The first-order valence-corrected chi connectivity index (χ1v) is 6.93. The monoisotopic (exact) mass is 242 g/mol. The summed E-state index contributed by atoms with van der Waals surface area (Å²) < 4.78 is 0. The lowest BCUT2D eigenvalue weighted by molar-refractivity contribution is -0.122. The molecule has 2 heterocycles. The van der Waals surface area contributed by atoms with E-state index < -0.39 is 0 Å². The zero-order valence-corrected chi connectivity index (χ0v) is 10.5. The van der Waals surface area contributed by atoms with Gasteiger partial charge in [-0.05, 0) is 43.4 Å². The third-order valence-corrected chi connectivity index (χ3v) is 4.66. The molecule has 0 bridgehead atoms. The van der Waals surface area contributed by atoms with Crippen molar-refractivity contribution >= 4 is 11.6 Å². The Balaban J connectivity index is 1.80. The first-order valence-electron chi connectivity index (χ1n) is 6.93. The molecule has 0 unspecified atom stereocenters. The highest BCUT2D eigenvalue weighted by atomic mass is 16.2. The fourth-order valence-corrected chi connectivity index (χ4v) is 3.44. The van der Waals surface area contributed by atoms with Crippen LogP contribution in [0.4, 0.5) is 5.69 Å². The van der Waals surface area contributed by atoms with E-state index in [1.54, 1.807) is 0 Å². The van der Waals surface area contributed by atoms with Crippen molar-refractivity contribution in [2.45, 2.75) is 24.7 Å². The van der Waals surface area contributed by atoms with Crippen LogP contribution in [0.2, 0.25) is 0 Å². The fourth-order valence-electron chi connectivity index (χ4n) is 3.44. The van der Waals surface area contributed by atoms with Gasteiger partial charge in [-0.1, -0.05) is 18.2 Å². The van der Waals surface area contributed by atoms with Crippen molar-refractivity contribution in [3.63, 3.8) is 0 Å². The summed E-state index contributed by atoms with van der Waals surface area (Å²) in [5.41, 5.74) is 2.16. The van der Waals surface area contributed by atoms with Gasteiger partial charge in [0.1, 0.15) is 0 Å². The first-order chi connectivity index (χ1) is 8.81. The summed E-state index contributed by atoms with van der Waals surface area (Å²) >= 11 is 0. The average Bonchev–Trinajstić information content (AvgIpc) is 3.03. The molecule has 1 amide bonds. The summed E-state index contributed by atoms with van der Waals surface area (Å²) in [7, 11) is 0. The van der Waals surface area contributed by atoms with E-state index in [-0.39, 0.29) is 5.41 Å². The Hall–Kier alpha value is -1.35. The molecule has 1 aromatic rings. The molecule has 1 atom stereocenters. The van der Waals surface area contributed by atoms with E-state index in [1.807, 2.05) is 6.07 Å². The fraction of sp³-hybridized carbons (Fsp3) is 0.533. The van der Waals surface area contributed by atoms with Crippen LogP contribution in [0.25, 0.3) is 0 Å². The second-order valence-electron chi connectivity index (χ2n) is 5.89. The highest BCUT2D eigenvalue weighted by molar-refractivity contribution is 6.08. The molecule has 0 aromatic heterocycles. The number of rotatable bonds is 2. The van der Waals surface area contributed by atoms with Crippen molar-refractivity contribution < 1.29 is 4.79 Å². The number of carbonyl (C=O) groups is 1. The van der Waals surface area contributed by atoms with Gasteiger partial charge in [-0.3, -0.25) is 4.79 Å². The molecule has 4 rings (SSSR count). The summed E-state index contributed by atoms with van der Waals surface area (Å²) in [5, 5.41) is 3.37. The molecule has 94 valence electrons. The van der Waals surface area contributed by atoms with Crippen LogP contribution in [0.15, 0.2) is 24.3 Å². The van der Waals surface area contributed by atoms with Crippen LogP contribution in [-0.4, -0.2) is 25.5 Å². The minimum Gasteiger partial charge on any atom is -0.315 e.